The lowest BCUT2D eigenvalue weighted by atomic mass is 10.3. The number of tetrazole rings is 1. The third-order valence-electron chi connectivity index (χ3n) is 1.87. The van der Waals surface area contributed by atoms with E-state index in [0.29, 0.717) is 5.69 Å². The molecule has 0 bridgehead atoms. The lowest BCUT2D eigenvalue weighted by Crippen LogP contribution is -2.29. The van der Waals surface area contributed by atoms with E-state index in [2.05, 4.69) is 17.0 Å². The summed E-state index contributed by atoms with van der Waals surface area (Å²) in [5.74, 6) is 0. The Balaban J connectivity index is 2.34. The van der Waals surface area contributed by atoms with E-state index in [4.69, 9.17) is 4.84 Å². The number of nitrogens with zero attached hydrogens (tertiary/aromatic N) is 4. The molecule has 0 spiro atoms. The van der Waals surface area contributed by atoms with Crippen molar-refractivity contribution in [2.45, 2.75) is 0 Å². The zero-order valence-electron chi connectivity index (χ0n) is 8.48. The number of benzene rings is 1. The van der Waals surface area contributed by atoms with Gasteiger partial charge in [0.15, 0.2) is 0 Å². The fourth-order valence-electron chi connectivity index (χ4n) is 1.17. The van der Waals surface area contributed by atoms with Gasteiger partial charge < -0.3 is 4.84 Å². The molecule has 6 nitrogen and oxygen atoms in total. The highest BCUT2D eigenvalue weighted by Crippen LogP contribution is 1.99. The molecule has 1 aromatic heterocycles. The van der Waals surface area contributed by atoms with Gasteiger partial charge in [0, 0.05) is 0 Å². The van der Waals surface area contributed by atoms with Crippen LogP contribution in [0.5, 0.6) is 0 Å². The van der Waals surface area contributed by atoms with Crippen molar-refractivity contribution in [3.8, 4) is 5.69 Å². The fraction of sp³-hybridized carbons (Fsp3) is 0.100. The molecule has 2 rings (SSSR count). The summed E-state index contributed by atoms with van der Waals surface area (Å²) in [5, 5.41) is 7.27. The summed E-state index contributed by atoms with van der Waals surface area (Å²) in [7, 11) is 0. The van der Waals surface area contributed by atoms with Gasteiger partial charge in [0.2, 0.25) is 0 Å². The van der Waals surface area contributed by atoms with E-state index in [0.717, 1.165) is 9.53 Å². The predicted octanol–water partition coefficient (Wildman–Crippen LogP) is 0.0436. The second-order valence-electron chi connectivity index (χ2n) is 2.97. The Morgan fingerprint density at radius 2 is 2.06 bits per heavy atom. The minimum atomic E-state index is -0.451. The maximum absolute atomic E-state index is 11.7. The molecular formula is C10H10N4O2. The maximum Gasteiger partial charge on any atom is 0.402 e. The maximum atomic E-state index is 11.7. The Morgan fingerprint density at radius 1 is 1.31 bits per heavy atom. The van der Waals surface area contributed by atoms with Gasteiger partial charge in [0.25, 0.3) is 0 Å². The first kappa shape index (κ1) is 10.2. The van der Waals surface area contributed by atoms with Gasteiger partial charge in [-0.15, -0.1) is 0 Å². The minimum absolute atomic E-state index is 0.202. The average Bonchev–Trinajstić information content (AvgIpc) is 2.69. The highest BCUT2D eigenvalue weighted by molar-refractivity contribution is 5.28. The van der Waals surface area contributed by atoms with Gasteiger partial charge in [-0.2, -0.15) is 4.68 Å². The van der Waals surface area contributed by atoms with Crippen LogP contribution >= 0.6 is 0 Å². The standard InChI is InChI=1S/C10H10N4O2/c1-2-8-16-14-10(15)13(11-12-14)9-6-4-3-5-7-9/h2-7H,1,8H2. The van der Waals surface area contributed by atoms with Gasteiger partial charge in [0.05, 0.1) is 5.69 Å². The Hall–Kier alpha value is -2.37. The molecule has 0 amide bonds. The van der Waals surface area contributed by atoms with Crippen molar-refractivity contribution in [2.24, 2.45) is 0 Å². The van der Waals surface area contributed by atoms with Crippen LogP contribution in [0.1, 0.15) is 0 Å². The summed E-state index contributed by atoms with van der Waals surface area (Å²) in [5.41, 5.74) is 0.189. The third-order valence-corrected chi connectivity index (χ3v) is 1.87. The van der Waals surface area contributed by atoms with Gasteiger partial charge in [-0.25, -0.2) is 4.79 Å². The van der Waals surface area contributed by atoms with Crippen LogP contribution in [0.3, 0.4) is 0 Å². The molecule has 0 aliphatic rings. The van der Waals surface area contributed by atoms with Crippen LogP contribution in [0.25, 0.3) is 5.69 Å². The van der Waals surface area contributed by atoms with Crippen molar-refractivity contribution in [2.75, 3.05) is 6.61 Å². The largest absolute Gasteiger partial charge is 0.402 e. The highest BCUT2D eigenvalue weighted by atomic mass is 16.7. The number of hydrogen-bond donors (Lipinski definition) is 0. The molecule has 16 heavy (non-hydrogen) atoms. The summed E-state index contributed by atoms with van der Waals surface area (Å²) in [4.78, 5) is 17.5. The van der Waals surface area contributed by atoms with Crippen molar-refractivity contribution >= 4 is 0 Å². The predicted molar refractivity (Wildman–Crippen MR) is 57.3 cm³/mol. The monoisotopic (exact) mass is 218 g/mol. The molecule has 0 aliphatic heterocycles. The first-order valence-electron chi connectivity index (χ1n) is 4.67. The normalized spacial score (nSPS) is 10.0. The second kappa shape index (κ2) is 4.43. The molecule has 0 aliphatic carbocycles. The van der Waals surface area contributed by atoms with Crippen LogP contribution in [0.4, 0.5) is 0 Å². The minimum Gasteiger partial charge on any atom is -0.387 e. The molecule has 0 atom stereocenters. The molecule has 6 heteroatoms. The summed E-state index contributed by atoms with van der Waals surface area (Å²) in [6, 6.07) is 8.99. The Morgan fingerprint density at radius 3 is 2.75 bits per heavy atom. The molecule has 0 radical (unpaired) electrons. The summed E-state index contributed by atoms with van der Waals surface area (Å²) >= 11 is 0. The van der Waals surface area contributed by atoms with Crippen LogP contribution in [-0.2, 0) is 0 Å². The van der Waals surface area contributed by atoms with Crippen molar-refractivity contribution in [1.82, 2.24) is 20.0 Å². The topological polar surface area (TPSA) is 61.9 Å². The van der Waals surface area contributed by atoms with Crippen LogP contribution < -0.4 is 10.5 Å². The molecular weight excluding hydrogens is 208 g/mol. The van der Waals surface area contributed by atoms with Crippen molar-refractivity contribution in [3.63, 3.8) is 0 Å². The zero-order chi connectivity index (χ0) is 11.4. The average molecular weight is 218 g/mol. The van der Waals surface area contributed by atoms with Crippen LogP contribution in [0, 0.1) is 0 Å². The highest BCUT2D eigenvalue weighted by Gasteiger charge is 2.08. The second-order valence-corrected chi connectivity index (χ2v) is 2.97. The molecule has 1 heterocycles. The van der Waals surface area contributed by atoms with E-state index in [1.807, 2.05) is 18.2 Å². The SMILES string of the molecule is C=CCOn1nnn(-c2ccccc2)c1=O. The van der Waals surface area contributed by atoms with E-state index >= 15 is 0 Å². The molecule has 2 aromatic rings. The van der Waals surface area contributed by atoms with E-state index < -0.39 is 5.69 Å². The lowest BCUT2D eigenvalue weighted by molar-refractivity contribution is 0.0922. The van der Waals surface area contributed by atoms with Gasteiger partial charge >= 0.3 is 5.69 Å². The smallest absolute Gasteiger partial charge is 0.387 e. The number of rotatable bonds is 4. The number of aromatic nitrogens is 4. The van der Waals surface area contributed by atoms with Gasteiger partial charge in [0.1, 0.15) is 6.61 Å². The third kappa shape index (κ3) is 1.85. The van der Waals surface area contributed by atoms with Crippen LogP contribution in [-0.4, -0.2) is 26.6 Å². The number of para-hydroxylation sites is 1. The van der Waals surface area contributed by atoms with Gasteiger partial charge in [-0.1, -0.05) is 30.9 Å². The van der Waals surface area contributed by atoms with E-state index in [-0.39, 0.29) is 6.61 Å². The molecule has 0 unspecified atom stereocenters. The quantitative estimate of drug-likeness (QED) is 0.680. The van der Waals surface area contributed by atoms with Crippen molar-refractivity contribution in [1.29, 1.82) is 0 Å². The molecule has 0 saturated heterocycles. The summed E-state index contributed by atoms with van der Waals surface area (Å²) < 4.78 is 1.16. The molecule has 82 valence electrons. The first-order chi connectivity index (χ1) is 7.83. The van der Waals surface area contributed by atoms with Gasteiger partial charge in [-0.05, 0) is 27.4 Å². The molecule has 0 saturated carbocycles. The lowest BCUT2D eigenvalue weighted by Gasteiger charge is -1.97. The number of hydrogen-bond acceptors (Lipinski definition) is 4. The van der Waals surface area contributed by atoms with Crippen molar-refractivity contribution in [3.05, 3.63) is 53.5 Å². The zero-order valence-corrected chi connectivity index (χ0v) is 8.48. The van der Waals surface area contributed by atoms with E-state index in [1.165, 1.54) is 6.08 Å². The Kier molecular flexibility index (Phi) is 2.81. The van der Waals surface area contributed by atoms with Crippen LogP contribution in [0.2, 0.25) is 0 Å². The fourth-order valence-corrected chi connectivity index (χ4v) is 1.17. The summed E-state index contributed by atoms with van der Waals surface area (Å²) in [6.07, 6.45) is 1.52. The summed E-state index contributed by atoms with van der Waals surface area (Å²) in [6.45, 7) is 3.68. The Bertz CT molecular complexity index is 529. The molecule has 1 aromatic carbocycles. The first-order valence-corrected chi connectivity index (χ1v) is 4.67. The van der Waals surface area contributed by atoms with Crippen molar-refractivity contribution < 1.29 is 4.84 Å². The van der Waals surface area contributed by atoms with E-state index in [9.17, 15) is 4.79 Å². The van der Waals surface area contributed by atoms with Crippen LogP contribution in [0.15, 0.2) is 47.8 Å². The Labute approximate surface area is 91.3 Å². The van der Waals surface area contributed by atoms with Gasteiger partial charge in [-0.3, -0.25) is 0 Å². The van der Waals surface area contributed by atoms with E-state index in [1.54, 1.807) is 12.1 Å². The molecule has 0 N–H and O–H groups in total. The molecule has 0 fully saturated rings.